The fraction of sp³-hybridized carbons (Fsp3) is 0.333. The molecule has 1 aromatic carbocycles. The highest BCUT2D eigenvalue weighted by atomic mass is 16.3. The topological polar surface area (TPSA) is 88.6 Å². The zero-order chi connectivity index (χ0) is 16.9. The van der Waals surface area contributed by atoms with E-state index in [1.807, 2.05) is 35.2 Å². The van der Waals surface area contributed by atoms with E-state index >= 15 is 0 Å². The summed E-state index contributed by atoms with van der Waals surface area (Å²) < 4.78 is 4.96. The van der Waals surface area contributed by atoms with Crippen LogP contribution >= 0.6 is 0 Å². The fourth-order valence-corrected chi connectivity index (χ4v) is 3.04. The van der Waals surface area contributed by atoms with Gasteiger partial charge in [-0.15, -0.1) is 0 Å². The maximum Gasteiger partial charge on any atom is 0.257 e. The third kappa shape index (κ3) is 3.65. The minimum absolute atomic E-state index is 0.0169. The number of likely N-dealkylation sites (tertiary alicyclic amines) is 1. The van der Waals surface area contributed by atoms with Crippen LogP contribution < -0.4 is 11.1 Å². The van der Waals surface area contributed by atoms with Gasteiger partial charge in [0.05, 0.1) is 11.8 Å². The van der Waals surface area contributed by atoms with E-state index in [0.717, 1.165) is 18.4 Å². The second-order valence-electron chi connectivity index (χ2n) is 5.99. The second kappa shape index (κ2) is 7.31. The van der Waals surface area contributed by atoms with Gasteiger partial charge in [0, 0.05) is 19.1 Å². The number of carbonyl (C=O) groups is 2. The summed E-state index contributed by atoms with van der Waals surface area (Å²) in [7, 11) is 0. The SMILES string of the molecule is NC(=O)C(NC1CCN(C(=O)c2ccoc2)CC1)c1ccccc1. The van der Waals surface area contributed by atoms with E-state index < -0.39 is 11.9 Å². The van der Waals surface area contributed by atoms with Gasteiger partial charge in [-0.05, 0) is 24.5 Å². The molecular weight excluding hydrogens is 306 g/mol. The Kier molecular flexibility index (Phi) is 4.96. The molecule has 2 heterocycles. The van der Waals surface area contributed by atoms with Crippen LogP contribution in [0.2, 0.25) is 0 Å². The summed E-state index contributed by atoms with van der Waals surface area (Å²) in [5, 5.41) is 3.33. The molecule has 0 bridgehead atoms. The van der Waals surface area contributed by atoms with Gasteiger partial charge in [0.25, 0.3) is 5.91 Å². The van der Waals surface area contributed by atoms with Crippen LogP contribution in [0.3, 0.4) is 0 Å². The number of rotatable bonds is 5. The van der Waals surface area contributed by atoms with E-state index in [-0.39, 0.29) is 11.9 Å². The molecule has 3 rings (SSSR count). The number of nitrogens with zero attached hydrogens (tertiary/aromatic N) is 1. The highest BCUT2D eigenvalue weighted by Gasteiger charge is 2.27. The maximum atomic E-state index is 12.3. The third-order valence-electron chi connectivity index (χ3n) is 4.37. The van der Waals surface area contributed by atoms with Crippen molar-refractivity contribution in [1.29, 1.82) is 0 Å². The lowest BCUT2D eigenvalue weighted by atomic mass is 10.00. The summed E-state index contributed by atoms with van der Waals surface area (Å²) in [5.41, 5.74) is 6.98. The number of primary amides is 1. The van der Waals surface area contributed by atoms with Crippen molar-refractivity contribution in [3.63, 3.8) is 0 Å². The number of hydrogen-bond donors (Lipinski definition) is 2. The molecule has 24 heavy (non-hydrogen) atoms. The van der Waals surface area contributed by atoms with Gasteiger partial charge in [0.1, 0.15) is 12.3 Å². The summed E-state index contributed by atoms with van der Waals surface area (Å²) in [6, 6.07) is 10.8. The molecule has 0 spiro atoms. The molecule has 0 aliphatic carbocycles. The Labute approximate surface area is 140 Å². The molecule has 1 aliphatic heterocycles. The zero-order valence-electron chi connectivity index (χ0n) is 13.4. The summed E-state index contributed by atoms with van der Waals surface area (Å²) in [5.74, 6) is -0.408. The summed E-state index contributed by atoms with van der Waals surface area (Å²) in [6.07, 6.45) is 4.52. The molecule has 126 valence electrons. The molecule has 6 nitrogen and oxygen atoms in total. The highest BCUT2D eigenvalue weighted by molar-refractivity contribution is 5.93. The maximum absolute atomic E-state index is 12.3. The van der Waals surface area contributed by atoms with Crippen molar-refractivity contribution in [2.75, 3.05) is 13.1 Å². The van der Waals surface area contributed by atoms with Crippen LogP contribution in [0.5, 0.6) is 0 Å². The van der Waals surface area contributed by atoms with Gasteiger partial charge >= 0.3 is 0 Å². The Morgan fingerprint density at radius 2 is 1.88 bits per heavy atom. The molecule has 1 aromatic heterocycles. The van der Waals surface area contributed by atoms with Crippen LogP contribution in [0.4, 0.5) is 0 Å². The summed E-state index contributed by atoms with van der Waals surface area (Å²) in [4.78, 5) is 25.9. The van der Waals surface area contributed by atoms with Crippen molar-refractivity contribution >= 4 is 11.8 Å². The predicted octanol–water partition coefficient (Wildman–Crippen LogP) is 1.70. The predicted molar refractivity (Wildman–Crippen MR) is 89.1 cm³/mol. The number of nitrogens with two attached hydrogens (primary N) is 1. The van der Waals surface area contributed by atoms with E-state index in [4.69, 9.17) is 10.2 Å². The molecule has 3 N–H and O–H groups in total. The van der Waals surface area contributed by atoms with Gasteiger partial charge in [-0.2, -0.15) is 0 Å². The van der Waals surface area contributed by atoms with Crippen molar-refractivity contribution in [1.82, 2.24) is 10.2 Å². The number of benzene rings is 1. The lowest BCUT2D eigenvalue weighted by Crippen LogP contribution is -2.47. The Morgan fingerprint density at radius 3 is 2.46 bits per heavy atom. The normalized spacial score (nSPS) is 16.8. The highest BCUT2D eigenvalue weighted by Crippen LogP contribution is 2.19. The largest absolute Gasteiger partial charge is 0.472 e. The number of nitrogens with one attached hydrogen (secondary N) is 1. The third-order valence-corrected chi connectivity index (χ3v) is 4.37. The molecule has 1 saturated heterocycles. The number of furan rings is 1. The van der Waals surface area contributed by atoms with Crippen LogP contribution in [-0.4, -0.2) is 35.8 Å². The van der Waals surface area contributed by atoms with Gasteiger partial charge in [-0.1, -0.05) is 30.3 Å². The smallest absolute Gasteiger partial charge is 0.257 e. The van der Waals surface area contributed by atoms with Crippen LogP contribution in [0, 0.1) is 0 Å². The quantitative estimate of drug-likeness (QED) is 0.875. The number of carbonyl (C=O) groups excluding carboxylic acids is 2. The minimum atomic E-state index is -0.507. The van der Waals surface area contributed by atoms with Crippen molar-refractivity contribution in [3.05, 3.63) is 60.1 Å². The van der Waals surface area contributed by atoms with Crippen molar-refractivity contribution in [2.24, 2.45) is 5.73 Å². The van der Waals surface area contributed by atoms with Crippen LogP contribution in [0.1, 0.15) is 34.8 Å². The van der Waals surface area contributed by atoms with Gasteiger partial charge in [-0.25, -0.2) is 0 Å². The lowest BCUT2D eigenvalue weighted by Gasteiger charge is -2.34. The van der Waals surface area contributed by atoms with E-state index in [2.05, 4.69) is 5.32 Å². The minimum Gasteiger partial charge on any atom is -0.472 e. The Morgan fingerprint density at radius 1 is 1.17 bits per heavy atom. The Hall–Kier alpha value is -2.60. The second-order valence-corrected chi connectivity index (χ2v) is 5.99. The number of hydrogen-bond acceptors (Lipinski definition) is 4. The van der Waals surface area contributed by atoms with Gasteiger partial charge in [0.2, 0.25) is 5.91 Å². The van der Waals surface area contributed by atoms with Gasteiger partial charge in [-0.3, -0.25) is 14.9 Å². The van der Waals surface area contributed by atoms with Gasteiger partial charge in [0.15, 0.2) is 0 Å². The van der Waals surface area contributed by atoms with Crippen LogP contribution in [0.25, 0.3) is 0 Å². The first kappa shape index (κ1) is 16.3. The number of amides is 2. The zero-order valence-corrected chi connectivity index (χ0v) is 13.4. The molecule has 1 aliphatic rings. The fourth-order valence-electron chi connectivity index (χ4n) is 3.04. The Balaban J connectivity index is 1.58. The molecule has 1 unspecified atom stereocenters. The molecule has 0 radical (unpaired) electrons. The molecule has 2 aromatic rings. The standard InChI is InChI=1S/C18H21N3O3/c19-17(22)16(13-4-2-1-3-5-13)20-15-6-9-21(10-7-15)18(23)14-8-11-24-12-14/h1-5,8,11-12,15-16,20H,6-7,9-10H2,(H2,19,22). The van der Waals surface area contributed by atoms with Crippen molar-refractivity contribution < 1.29 is 14.0 Å². The lowest BCUT2D eigenvalue weighted by molar-refractivity contribution is -0.120. The van der Waals surface area contributed by atoms with E-state index in [1.54, 1.807) is 6.07 Å². The number of piperidine rings is 1. The average molecular weight is 327 g/mol. The van der Waals surface area contributed by atoms with Crippen molar-refractivity contribution in [3.8, 4) is 0 Å². The summed E-state index contributed by atoms with van der Waals surface area (Å²) in [6.45, 7) is 1.28. The first-order valence-corrected chi connectivity index (χ1v) is 8.07. The first-order chi connectivity index (χ1) is 11.6. The van der Waals surface area contributed by atoms with Gasteiger partial charge < -0.3 is 15.1 Å². The molecule has 0 saturated carbocycles. The monoisotopic (exact) mass is 327 g/mol. The van der Waals surface area contributed by atoms with Crippen LogP contribution in [-0.2, 0) is 4.79 Å². The molecular formula is C18H21N3O3. The molecule has 1 atom stereocenters. The van der Waals surface area contributed by atoms with E-state index in [9.17, 15) is 9.59 Å². The van der Waals surface area contributed by atoms with Crippen LogP contribution in [0.15, 0.2) is 53.3 Å². The van der Waals surface area contributed by atoms with E-state index in [1.165, 1.54) is 12.5 Å². The molecule has 2 amide bonds. The molecule has 6 heteroatoms. The molecule has 1 fully saturated rings. The summed E-state index contributed by atoms with van der Waals surface area (Å²) >= 11 is 0. The Bertz CT molecular complexity index is 677. The average Bonchev–Trinajstić information content (AvgIpc) is 3.15. The van der Waals surface area contributed by atoms with E-state index in [0.29, 0.717) is 18.7 Å². The first-order valence-electron chi connectivity index (χ1n) is 8.07. The van der Waals surface area contributed by atoms with Crippen molar-refractivity contribution in [2.45, 2.75) is 24.9 Å².